The molecule has 3 aromatic carbocycles. The lowest BCUT2D eigenvalue weighted by Crippen LogP contribution is -2.53. The molecule has 0 unspecified atom stereocenters. The van der Waals surface area contributed by atoms with Crippen LogP contribution in [0.4, 0.5) is 5.69 Å². The molecule has 0 radical (unpaired) electrons. The van der Waals surface area contributed by atoms with Crippen LogP contribution in [-0.4, -0.2) is 64.6 Å². The molecule has 0 aromatic heterocycles. The van der Waals surface area contributed by atoms with E-state index in [-0.39, 0.29) is 34.8 Å². The SMILES string of the molecule is CCOc1ccc(N(CC(=O)N(Cc2ccccc2Cl)[C@@H](CC)C(=O)N[C@@H](C)CC)S(=O)(=O)c2ccc(OC)c(OC)c2)cc1. The average molecular weight is 660 g/mol. The third-order valence-corrected chi connectivity index (χ3v) is 9.48. The Morgan fingerprint density at radius 3 is 2.16 bits per heavy atom. The molecule has 1 N–H and O–H groups in total. The van der Waals surface area contributed by atoms with Crippen molar-refractivity contribution in [1.82, 2.24) is 10.2 Å². The van der Waals surface area contributed by atoms with Crippen molar-refractivity contribution in [3.63, 3.8) is 0 Å². The Balaban J connectivity index is 2.12. The van der Waals surface area contributed by atoms with Crippen molar-refractivity contribution in [1.29, 1.82) is 0 Å². The van der Waals surface area contributed by atoms with Crippen LogP contribution in [0.2, 0.25) is 5.02 Å². The van der Waals surface area contributed by atoms with E-state index in [0.717, 1.165) is 4.31 Å². The van der Waals surface area contributed by atoms with E-state index < -0.39 is 28.5 Å². The van der Waals surface area contributed by atoms with Crippen LogP contribution in [0, 0.1) is 0 Å². The molecule has 2 amide bonds. The molecule has 10 nitrogen and oxygen atoms in total. The van der Waals surface area contributed by atoms with Crippen LogP contribution in [0.3, 0.4) is 0 Å². The molecule has 0 aliphatic heterocycles. The highest BCUT2D eigenvalue weighted by molar-refractivity contribution is 7.92. The Morgan fingerprint density at radius 1 is 0.911 bits per heavy atom. The minimum Gasteiger partial charge on any atom is -0.494 e. The Kier molecular flexibility index (Phi) is 12.9. The van der Waals surface area contributed by atoms with Gasteiger partial charge in [-0.3, -0.25) is 13.9 Å². The molecule has 0 spiro atoms. The number of carbonyl (C=O) groups is 2. The van der Waals surface area contributed by atoms with Crippen molar-refractivity contribution in [2.24, 2.45) is 0 Å². The van der Waals surface area contributed by atoms with Crippen LogP contribution in [0.25, 0.3) is 0 Å². The number of ether oxygens (including phenoxy) is 3. The first-order chi connectivity index (χ1) is 21.5. The Morgan fingerprint density at radius 2 is 1.58 bits per heavy atom. The van der Waals surface area contributed by atoms with Gasteiger partial charge in [-0.15, -0.1) is 0 Å². The summed E-state index contributed by atoms with van der Waals surface area (Å²) in [6.07, 6.45) is 1.000. The van der Waals surface area contributed by atoms with Gasteiger partial charge in [0.25, 0.3) is 10.0 Å². The van der Waals surface area contributed by atoms with E-state index in [1.807, 2.05) is 20.8 Å². The van der Waals surface area contributed by atoms with E-state index >= 15 is 0 Å². The standard InChI is InChI=1S/C33H42ClN3O7S/c1-7-23(4)35-33(39)29(8-2)36(21-24-12-10-11-13-28(24)34)32(38)22-37(25-14-16-26(17-15-25)44-9-3)45(40,41)27-18-19-30(42-5)31(20-27)43-6/h10-20,23,29H,7-9,21-22H2,1-6H3,(H,35,39)/t23-,29-/m0/s1. The number of methoxy groups -OCH3 is 2. The largest absolute Gasteiger partial charge is 0.494 e. The van der Waals surface area contributed by atoms with Gasteiger partial charge in [-0.05, 0) is 74.7 Å². The van der Waals surface area contributed by atoms with E-state index in [2.05, 4.69) is 5.32 Å². The first kappa shape index (κ1) is 35.5. The number of halogens is 1. The van der Waals surface area contributed by atoms with Crippen LogP contribution < -0.4 is 23.8 Å². The fraction of sp³-hybridized carbons (Fsp3) is 0.394. The van der Waals surface area contributed by atoms with E-state index in [9.17, 15) is 18.0 Å². The van der Waals surface area contributed by atoms with Crippen LogP contribution in [-0.2, 0) is 26.2 Å². The Hall–Kier alpha value is -3.96. The van der Waals surface area contributed by atoms with Crippen molar-refractivity contribution in [2.75, 3.05) is 31.7 Å². The average Bonchev–Trinajstić information content (AvgIpc) is 3.04. The molecule has 0 aliphatic carbocycles. The molecule has 0 aliphatic rings. The van der Waals surface area contributed by atoms with Crippen LogP contribution in [0.1, 0.15) is 46.1 Å². The summed E-state index contributed by atoms with van der Waals surface area (Å²) in [5, 5.41) is 3.39. The molecule has 0 heterocycles. The normalized spacial score (nSPS) is 12.5. The summed E-state index contributed by atoms with van der Waals surface area (Å²) in [7, 11) is -1.48. The fourth-order valence-electron chi connectivity index (χ4n) is 4.68. The van der Waals surface area contributed by atoms with Crippen LogP contribution in [0.15, 0.2) is 71.6 Å². The lowest BCUT2D eigenvalue weighted by molar-refractivity contribution is -0.140. The van der Waals surface area contributed by atoms with E-state index in [1.54, 1.807) is 55.5 Å². The van der Waals surface area contributed by atoms with Crippen molar-refractivity contribution < 1.29 is 32.2 Å². The lowest BCUT2D eigenvalue weighted by atomic mass is 10.1. The van der Waals surface area contributed by atoms with Gasteiger partial charge in [-0.25, -0.2) is 8.42 Å². The third-order valence-electron chi connectivity index (χ3n) is 7.34. The molecule has 12 heteroatoms. The summed E-state index contributed by atoms with van der Waals surface area (Å²) < 4.78 is 45.7. The number of hydrogen-bond donors (Lipinski definition) is 1. The van der Waals surface area contributed by atoms with Gasteiger partial charge >= 0.3 is 0 Å². The minimum atomic E-state index is -4.34. The van der Waals surface area contributed by atoms with Gasteiger partial charge in [-0.1, -0.05) is 43.6 Å². The fourth-order valence-corrected chi connectivity index (χ4v) is 6.30. The number of rotatable bonds is 16. The van der Waals surface area contributed by atoms with Crippen LogP contribution in [0.5, 0.6) is 17.2 Å². The summed E-state index contributed by atoms with van der Waals surface area (Å²) in [6, 6.07) is 16.7. The molecule has 0 saturated carbocycles. The number of carbonyl (C=O) groups excluding carboxylic acids is 2. The number of benzene rings is 3. The number of hydrogen-bond acceptors (Lipinski definition) is 7. The zero-order valence-corrected chi connectivity index (χ0v) is 28.2. The second kappa shape index (κ2) is 16.4. The summed E-state index contributed by atoms with van der Waals surface area (Å²) in [6.45, 7) is 7.31. The minimum absolute atomic E-state index is 0.00152. The quantitative estimate of drug-likeness (QED) is 0.211. The highest BCUT2D eigenvalue weighted by Crippen LogP contribution is 2.33. The van der Waals surface area contributed by atoms with E-state index in [0.29, 0.717) is 41.5 Å². The predicted molar refractivity (Wildman–Crippen MR) is 176 cm³/mol. The second-order valence-electron chi connectivity index (χ2n) is 10.3. The number of anilines is 1. The predicted octanol–water partition coefficient (Wildman–Crippen LogP) is 5.67. The van der Waals surface area contributed by atoms with Crippen molar-refractivity contribution in [3.05, 3.63) is 77.3 Å². The second-order valence-corrected chi connectivity index (χ2v) is 12.6. The Bertz CT molecular complexity index is 1550. The molecule has 2 atom stereocenters. The maximum Gasteiger partial charge on any atom is 0.264 e. The summed E-state index contributed by atoms with van der Waals surface area (Å²) in [5.41, 5.74) is 0.856. The van der Waals surface area contributed by atoms with Gasteiger partial charge in [0.15, 0.2) is 11.5 Å². The highest BCUT2D eigenvalue weighted by atomic mass is 35.5. The number of nitrogens with one attached hydrogen (secondary N) is 1. The van der Waals surface area contributed by atoms with Crippen LogP contribution >= 0.6 is 11.6 Å². The first-order valence-electron chi connectivity index (χ1n) is 14.8. The maximum atomic E-state index is 14.3. The van der Waals surface area contributed by atoms with E-state index in [4.69, 9.17) is 25.8 Å². The smallest absolute Gasteiger partial charge is 0.264 e. The zero-order valence-electron chi connectivity index (χ0n) is 26.6. The molecule has 45 heavy (non-hydrogen) atoms. The summed E-state index contributed by atoms with van der Waals surface area (Å²) in [4.78, 5) is 29.0. The highest BCUT2D eigenvalue weighted by Gasteiger charge is 2.34. The molecule has 244 valence electrons. The van der Waals surface area contributed by atoms with Gasteiger partial charge in [0.05, 0.1) is 31.4 Å². The number of nitrogens with zero attached hydrogens (tertiary/aromatic N) is 2. The summed E-state index contributed by atoms with van der Waals surface area (Å²) >= 11 is 6.48. The summed E-state index contributed by atoms with van der Waals surface area (Å²) in [5.74, 6) is 0.194. The van der Waals surface area contributed by atoms with E-state index in [1.165, 1.54) is 37.3 Å². The van der Waals surface area contributed by atoms with Crippen molar-refractivity contribution in [2.45, 2.75) is 64.1 Å². The first-order valence-corrected chi connectivity index (χ1v) is 16.6. The van der Waals surface area contributed by atoms with Gasteiger partial charge < -0.3 is 24.4 Å². The Labute approximate surface area is 271 Å². The molecular formula is C33H42ClN3O7S. The lowest BCUT2D eigenvalue weighted by Gasteiger charge is -2.34. The molecule has 3 rings (SSSR count). The van der Waals surface area contributed by atoms with Gasteiger partial charge in [0.1, 0.15) is 18.3 Å². The monoisotopic (exact) mass is 659 g/mol. The number of amides is 2. The third kappa shape index (κ3) is 8.82. The maximum absolute atomic E-state index is 14.3. The van der Waals surface area contributed by atoms with Gasteiger partial charge in [-0.2, -0.15) is 0 Å². The molecule has 0 bridgehead atoms. The van der Waals surface area contributed by atoms with Crippen molar-refractivity contribution >= 4 is 39.1 Å². The van der Waals surface area contributed by atoms with Gasteiger partial charge in [0, 0.05) is 23.7 Å². The topological polar surface area (TPSA) is 114 Å². The van der Waals surface area contributed by atoms with Gasteiger partial charge in [0.2, 0.25) is 11.8 Å². The molecular weight excluding hydrogens is 618 g/mol. The molecule has 0 saturated heterocycles. The van der Waals surface area contributed by atoms with Crippen molar-refractivity contribution in [3.8, 4) is 17.2 Å². The molecule has 3 aromatic rings. The molecule has 0 fully saturated rings. The zero-order chi connectivity index (χ0) is 33.1. The number of sulfonamides is 1.